The van der Waals surface area contributed by atoms with Crippen molar-refractivity contribution in [3.8, 4) is 5.75 Å². The number of rotatable bonds is 10. The van der Waals surface area contributed by atoms with Crippen LogP contribution in [0.1, 0.15) is 30.0 Å². The first-order valence-electron chi connectivity index (χ1n) is 8.92. The molecule has 0 aliphatic carbocycles. The smallest absolute Gasteiger partial charge is 0.224 e. The molecule has 2 rings (SSSR count). The number of amides is 1. The molecule has 4 nitrogen and oxygen atoms in total. The average molecular weight is 377 g/mol. The van der Waals surface area contributed by atoms with Crippen LogP contribution in [0, 0.1) is 6.92 Å². The highest BCUT2D eigenvalue weighted by molar-refractivity contribution is 5.85. The molecule has 0 saturated heterocycles. The van der Waals surface area contributed by atoms with Gasteiger partial charge in [-0.3, -0.25) is 4.79 Å². The summed E-state index contributed by atoms with van der Waals surface area (Å²) in [4.78, 5) is 12.0. The van der Waals surface area contributed by atoms with Crippen LogP contribution in [-0.2, 0) is 17.8 Å². The van der Waals surface area contributed by atoms with Crippen molar-refractivity contribution in [1.29, 1.82) is 0 Å². The van der Waals surface area contributed by atoms with Gasteiger partial charge in [-0.05, 0) is 43.1 Å². The summed E-state index contributed by atoms with van der Waals surface area (Å²) in [5, 5.41) is 6.20. The first-order valence-corrected chi connectivity index (χ1v) is 8.92. The van der Waals surface area contributed by atoms with Crippen LogP contribution in [0.5, 0.6) is 5.75 Å². The molecule has 0 unspecified atom stereocenters. The molecule has 0 aliphatic rings. The van der Waals surface area contributed by atoms with E-state index in [0.29, 0.717) is 19.6 Å². The van der Waals surface area contributed by atoms with Gasteiger partial charge in [0.05, 0.1) is 6.42 Å². The number of hydrogen-bond acceptors (Lipinski definition) is 3. The Morgan fingerprint density at radius 2 is 1.77 bits per heavy atom. The zero-order valence-electron chi connectivity index (χ0n) is 15.6. The Labute approximate surface area is 162 Å². The number of nitrogens with one attached hydrogen (secondary N) is 2. The van der Waals surface area contributed by atoms with Gasteiger partial charge in [-0.2, -0.15) is 0 Å². The second-order valence-electron chi connectivity index (χ2n) is 6.20. The predicted octanol–water partition coefficient (Wildman–Crippen LogP) is 3.65. The Kier molecular flexibility index (Phi) is 10.4. The van der Waals surface area contributed by atoms with Crippen LogP contribution in [0.15, 0.2) is 48.5 Å². The zero-order valence-corrected chi connectivity index (χ0v) is 16.4. The summed E-state index contributed by atoms with van der Waals surface area (Å²) in [6, 6.07) is 16.0. The Morgan fingerprint density at radius 3 is 2.54 bits per heavy atom. The van der Waals surface area contributed by atoms with Gasteiger partial charge in [0.15, 0.2) is 0 Å². The zero-order chi connectivity index (χ0) is 17.9. The number of ether oxygens (including phenoxy) is 1. The van der Waals surface area contributed by atoms with Crippen LogP contribution in [-0.4, -0.2) is 25.5 Å². The minimum atomic E-state index is 0. The van der Waals surface area contributed by atoms with Gasteiger partial charge in [-0.25, -0.2) is 0 Å². The van der Waals surface area contributed by atoms with E-state index in [9.17, 15) is 4.79 Å². The SMILES string of the molecule is CCCNCCNC(=O)Cc1cccc(OCc2cccc(C)c2)c1.Cl. The van der Waals surface area contributed by atoms with E-state index in [1.807, 2.05) is 30.3 Å². The summed E-state index contributed by atoms with van der Waals surface area (Å²) in [5.74, 6) is 0.825. The topological polar surface area (TPSA) is 50.4 Å². The molecule has 0 fully saturated rings. The summed E-state index contributed by atoms with van der Waals surface area (Å²) < 4.78 is 5.85. The summed E-state index contributed by atoms with van der Waals surface area (Å²) in [6.07, 6.45) is 1.47. The molecule has 26 heavy (non-hydrogen) atoms. The van der Waals surface area contributed by atoms with E-state index in [-0.39, 0.29) is 18.3 Å². The third-order valence-corrected chi connectivity index (χ3v) is 3.80. The van der Waals surface area contributed by atoms with Crippen molar-refractivity contribution in [3.63, 3.8) is 0 Å². The van der Waals surface area contributed by atoms with Gasteiger partial charge in [-0.15, -0.1) is 12.4 Å². The molecule has 0 bridgehead atoms. The van der Waals surface area contributed by atoms with Crippen molar-refractivity contribution in [2.75, 3.05) is 19.6 Å². The van der Waals surface area contributed by atoms with Crippen molar-refractivity contribution >= 4 is 18.3 Å². The summed E-state index contributed by atoms with van der Waals surface area (Å²) in [6.45, 7) is 7.17. The van der Waals surface area contributed by atoms with Gasteiger partial charge < -0.3 is 15.4 Å². The first-order chi connectivity index (χ1) is 12.2. The molecule has 0 aromatic heterocycles. The number of aryl methyl sites for hydroxylation is 1. The first kappa shape index (κ1) is 22.0. The Hall–Kier alpha value is -2.04. The molecular weight excluding hydrogens is 348 g/mol. The lowest BCUT2D eigenvalue weighted by Crippen LogP contribution is -2.32. The molecule has 2 N–H and O–H groups in total. The van der Waals surface area contributed by atoms with Gasteiger partial charge >= 0.3 is 0 Å². The van der Waals surface area contributed by atoms with Crippen molar-refractivity contribution in [2.45, 2.75) is 33.3 Å². The van der Waals surface area contributed by atoms with Crippen molar-refractivity contribution in [3.05, 3.63) is 65.2 Å². The van der Waals surface area contributed by atoms with Gasteiger partial charge in [0.25, 0.3) is 0 Å². The standard InChI is InChI=1S/C21H28N2O2.ClH/c1-3-10-22-11-12-23-21(24)15-18-7-5-9-20(14-18)25-16-19-8-4-6-17(2)13-19;/h4-9,13-14,22H,3,10-12,15-16H2,1-2H3,(H,23,24);1H. The molecule has 1 amide bonds. The van der Waals surface area contributed by atoms with Crippen LogP contribution < -0.4 is 15.4 Å². The largest absolute Gasteiger partial charge is 0.489 e. The molecule has 5 heteroatoms. The molecular formula is C21H29ClN2O2. The monoisotopic (exact) mass is 376 g/mol. The molecule has 0 heterocycles. The normalized spacial score (nSPS) is 10.1. The Morgan fingerprint density at radius 1 is 1.00 bits per heavy atom. The van der Waals surface area contributed by atoms with E-state index >= 15 is 0 Å². The van der Waals surface area contributed by atoms with E-state index in [1.54, 1.807) is 0 Å². The quantitative estimate of drug-likeness (QED) is 0.622. The maximum Gasteiger partial charge on any atom is 0.224 e. The van der Waals surface area contributed by atoms with E-state index in [2.05, 4.69) is 42.7 Å². The molecule has 0 aliphatic heterocycles. The number of benzene rings is 2. The van der Waals surface area contributed by atoms with Crippen molar-refractivity contribution in [2.24, 2.45) is 0 Å². The molecule has 0 saturated carbocycles. The fourth-order valence-corrected chi connectivity index (χ4v) is 2.55. The number of hydrogen-bond donors (Lipinski definition) is 2. The minimum Gasteiger partial charge on any atom is -0.489 e. The molecule has 0 spiro atoms. The van der Waals surface area contributed by atoms with Gasteiger partial charge in [-0.1, -0.05) is 48.9 Å². The van der Waals surface area contributed by atoms with E-state index in [4.69, 9.17) is 4.74 Å². The van der Waals surface area contributed by atoms with Crippen LogP contribution in [0.4, 0.5) is 0 Å². The fraction of sp³-hybridized carbons (Fsp3) is 0.381. The van der Waals surface area contributed by atoms with Crippen LogP contribution >= 0.6 is 12.4 Å². The maximum absolute atomic E-state index is 12.0. The number of carbonyl (C=O) groups is 1. The Bertz CT molecular complexity index is 677. The van der Waals surface area contributed by atoms with Crippen LogP contribution in [0.3, 0.4) is 0 Å². The third-order valence-electron chi connectivity index (χ3n) is 3.80. The van der Waals surface area contributed by atoms with Gasteiger partial charge in [0.2, 0.25) is 5.91 Å². The van der Waals surface area contributed by atoms with E-state index in [1.165, 1.54) is 5.56 Å². The molecule has 0 atom stereocenters. The number of carbonyl (C=O) groups excluding carboxylic acids is 1. The van der Waals surface area contributed by atoms with Gasteiger partial charge in [0, 0.05) is 13.1 Å². The van der Waals surface area contributed by atoms with Gasteiger partial charge in [0.1, 0.15) is 12.4 Å². The highest BCUT2D eigenvalue weighted by Gasteiger charge is 2.04. The second kappa shape index (κ2) is 12.3. The van der Waals surface area contributed by atoms with Crippen molar-refractivity contribution in [1.82, 2.24) is 10.6 Å². The minimum absolute atomic E-state index is 0. The maximum atomic E-state index is 12.0. The fourth-order valence-electron chi connectivity index (χ4n) is 2.55. The molecule has 2 aromatic rings. The Balaban J connectivity index is 0.00000338. The van der Waals surface area contributed by atoms with E-state index < -0.39 is 0 Å². The van der Waals surface area contributed by atoms with Crippen molar-refractivity contribution < 1.29 is 9.53 Å². The highest BCUT2D eigenvalue weighted by atomic mass is 35.5. The predicted molar refractivity (Wildman–Crippen MR) is 109 cm³/mol. The highest BCUT2D eigenvalue weighted by Crippen LogP contribution is 2.16. The lowest BCUT2D eigenvalue weighted by Gasteiger charge is -2.09. The van der Waals surface area contributed by atoms with E-state index in [0.717, 1.165) is 36.4 Å². The lowest BCUT2D eigenvalue weighted by atomic mass is 10.1. The lowest BCUT2D eigenvalue weighted by molar-refractivity contribution is -0.120. The molecule has 142 valence electrons. The number of halogens is 1. The van der Waals surface area contributed by atoms with Crippen LogP contribution in [0.25, 0.3) is 0 Å². The molecule has 2 aromatic carbocycles. The summed E-state index contributed by atoms with van der Waals surface area (Å²) in [7, 11) is 0. The third kappa shape index (κ3) is 8.37. The summed E-state index contributed by atoms with van der Waals surface area (Å²) in [5.41, 5.74) is 3.32. The molecule has 0 radical (unpaired) electrons. The summed E-state index contributed by atoms with van der Waals surface area (Å²) >= 11 is 0. The second-order valence-corrected chi connectivity index (χ2v) is 6.20. The van der Waals surface area contributed by atoms with Crippen LogP contribution in [0.2, 0.25) is 0 Å². The average Bonchev–Trinajstić information content (AvgIpc) is 2.60.